The second-order valence-corrected chi connectivity index (χ2v) is 18.8. The van der Waals surface area contributed by atoms with Gasteiger partial charge in [-0.15, -0.1) is 0 Å². The monoisotopic (exact) mass is 806 g/mol. The molecule has 1 aliphatic carbocycles. The Morgan fingerprint density at radius 1 is 0.817 bits per heavy atom. The maximum Gasteiger partial charge on any atom is 0.255 e. The van der Waals surface area contributed by atoms with Gasteiger partial charge in [0.05, 0.1) is 25.4 Å². The van der Waals surface area contributed by atoms with E-state index >= 15 is 0 Å². The first-order valence-corrected chi connectivity index (χ1v) is 22.3. The highest BCUT2D eigenvalue weighted by Gasteiger charge is 2.49. The number of nitrogens with one attached hydrogen (secondary N) is 1. The molecular weight excluding hydrogens is 753 g/mol. The lowest BCUT2D eigenvalue weighted by Gasteiger charge is -2.41. The minimum Gasteiger partial charge on any atom is -0.508 e. The average Bonchev–Trinajstić information content (AvgIpc) is 3.95. The fourth-order valence-electron chi connectivity index (χ4n) is 12.2. The van der Waals surface area contributed by atoms with Crippen molar-refractivity contribution < 1.29 is 29.0 Å². The van der Waals surface area contributed by atoms with E-state index in [4.69, 9.17) is 9.47 Å². The topological polar surface area (TPSA) is 112 Å². The summed E-state index contributed by atoms with van der Waals surface area (Å²) in [5.74, 6) is 1.55. The van der Waals surface area contributed by atoms with Crippen molar-refractivity contribution in [2.75, 3.05) is 50.8 Å². The van der Waals surface area contributed by atoms with Gasteiger partial charge in [-0.25, -0.2) is 0 Å². The lowest BCUT2D eigenvalue weighted by atomic mass is 9.69. The Labute approximate surface area is 351 Å². The molecule has 0 aromatic heterocycles. The third kappa shape index (κ3) is 6.49. The molecule has 4 atom stereocenters. The van der Waals surface area contributed by atoms with E-state index in [1.54, 1.807) is 4.90 Å². The Bertz CT molecular complexity index is 2330. The quantitative estimate of drug-likeness (QED) is 0.205. The lowest BCUT2D eigenvalue weighted by Crippen LogP contribution is -2.52. The van der Waals surface area contributed by atoms with Gasteiger partial charge in [0.1, 0.15) is 17.5 Å². The Morgan fingerprint density at radius 3 is 2.40 bits per heavy atom. The van der Waals surface area contributed by atoms with Crippen molar-refractivity contribution in [2.24, 2.45) is 5.92 Å². The number of rotatable bonds is 6. The van der Waals surface area contributed by atoms with Crippen LogP contribution in [-0.4, -0.2) is 90.2 Å². The van der Waals surface area contributed by atoms with Crippen LogP contribution in [-0.2, 0) is 32.7 Å². The van der Waals surface area contributed by atoms with Crippen LogP contribution in [0.1, 0.15) is 107 Å². The molecule has 10 heteroatoms. The number of amides is 3. The molecule has 4 saturated heterocycles. The molecule has 6 heterocycles. The summed E-state index contributed by atoms with van der Waals surface area (Å²) in [7, 11) is 0. The van der Waals surface area contributed by atoms with Gasteiger partial charge in [-0.2, -0.15) is 0 Å². The van der Waals surface area contributed by atoms with Gasteiger partial charge in [0.15, 0.2) is 0 Å². The second kappa shape index (κ2) is 14.8. The zero-order valence-corrected chi connectivity index (χ0v) is 34.2. The first-order valence-electron chi connectivity index (χ1n) is 22.3. The predicted octanol–water partition coefficient (Wildman–Crippen LogP) is 6.82. The van der Waals surface area contributed by atoms with E-state index in [0.717, 1.165) is 95.6 Å². The van der Waals surface area contributed by atoms with Gasteiger partial charge in [0.25, 0.3) is 5.91 Å². The highest BCUT2D eigenvalue weighted by Crippen LogP contribution is 2.51. The molecule has 1 unspecified atom stereocenters. The van der Waals surface area contributed by atoms with Crippen LogP contribution in [0, 0.1) is 5.92 Å². The fraction of sp³-hybridized carbons (Fsp3) is 0.460. The number of phenols is 1. The third-order valence-corrected chi connectivity index (χ3v) is 15.5. The van der Waals surface area contributed by atoms with Gasteiger partial charge in [-0.3, -0.25) is 19.7 Å². The Balaban J connectivity index is 0.697. The molecule has 4 fully saturated rings. The van der Waals surface area contributed by atoms with Crippen molar-refractivity contribution in [3.63, 3.8) is 0 Å². The number of likely N-dealkylation sites (tertiary alicyclic amines) is 1. The number of aromatic hydroxyl groups is 1. The molecule has 0 radical (unpaired) electrons. The molecule has 7 aliphatic rings. The molecule has 6 aliphatic heterocycles. The molecular formula is C50H54N4O6. The smallest absolute Gasteiger partial charge is 0.255 e. The predicted molar refractivity (Wildman–Crippen MR) is 227 cm³/mol. The Hall–Kier alpha value is -5.19. The largest absolute Gasteiger partial charge is 0.508 e. The van der Waals surface area contributed by atoms with Crippen LogP contribution in [0.4, 0.5) is 5.69 Å². The number of imide groups is 1. The van der Waals surface area contributed by atoms with Gasteiger partial charge in [-0.1, -0.05) is 54.6 Å². The first-order chi connectivity index (χ1) is 29.2. The summed E-state index contributed by atoms with van der Waals surface area (Å²) >= 11 is 0. The number of anilines is 1. The van der Waals surface area contributed by atoms with Gasteiger partial charge >= 0.3 is 0 Å². The van der Waals surface area contributed by atoms with Crippen LogP contribution < -0.4 is 15.0 Å². The highest BCUT2D eigenvalue weighted by atomic mass is 16.5. The number of benzene rings is 4. The Morgan fingerprint density at radius 2 is 1.62 bits per heavy atom. The van der Waals surface area contributed by atoms with Gasteiger partial charge in [0, 0.05) is 59.8 Å². The third-order valence-electron chi connectivity index (χ3n) is 15.5. The van der Waals surface area contributed by atoms with Crippen LogP contribution in [0.2, 0.25) is 0 Å². The normalized spacial score (nSPS) is 26.8. The summed E-state index contributed by atoms with van der Waals surface area (Å²) < 4.78 is 13.1. The fourth-order valence-corrected chi connectivity index (χ4v) is 12.2. The molecule has 2 spiro atoms. The molecule has 60 heavy (non-hydrogen) atoms. The molecule has 4 aromatic carbocycles. The van der Waals surface area contributed by atoms with Crippen molar-refractivity contribution in [3.8, 4) is 11.5 Å². The number of aryl methyl sites for hydroxylation is 1. The zero-order valence-electron chi connectivity index (χ0n) is 34.2. The maximum absolute atomic E-state index is 13.4. The highest BCUT2D eigenvalue weighted by molar-refractivity contribution is 6.05. The van der Waals surface area contributed by atoms with Crippen LogP contribution in [0.15, 0.2) is 84.9 Å². The van der Waals surface area contributed by atoms with E-state index in [2.05, 4.69) is 81.8 Å². The summed E-state index contributed by atoms with van der Waals surface area (Å²) in [6.45, 7) is 6.87. The molecule has 310 valence electrons. The van der Waals surface area contributed by atoms with E-state index in [-0.39, 0.29) is 41.1 Å². The summed E-state index contributed by atoms with van der Waals surface area (Å²) in [5.41, 5.74) is 9.22. The summed E-state index contributed by atoms with van der Waals surface area (Å²) in [6, 6.07) is 29.6. The van der Waals surface area contributed by atoms with Crippen molar-refractivity contribution in [3.05, 3.63) is 124 Å². The lowest BCUT2D eigenvalue weighted by molar-refractivity contribution is -0.136. The number of hydrogen-bond acceptors (Lipinski definition) is 8. The Kier molecular flexibility index (Phi) is 9.30. The summed E-state index contributed by atoms with van der Waals surface area (Å²) in [6.07, 6.45) is 7.88. The van der Waals surface area contributed by atoms with E-state index in [0.29, 0.717) is 42.7 Å². The van der Waals surface area contributed by atoms with Crippen molar-refractivity contribution >= 4 is 23.4 Å². The molecule has 3 amide bonds. The van der Waals surface area contributed by atoms with Gasteiger partial charge < -0.3 is 29.3 Å². The van der Waals surface area contributed by atoms with Crippen LogP contribution in [0.5, 0.6) is 11.5 Å². The number of carbonyl (C=O) groups excluding carboxylic acids is 3. The van der Waals surface area contributed by atoms with Crippen molar-refractivity contribution in [1.29, 1.82) is 0 Å². The standard InChI is InChI=1S/C50H54N4O6/c55-37-11-13-39-35(26-37)8-12-38(33-4-2-1-3-5-33)45(39)34-6-9-36(10-7-34)53-24-20-50(21-25-53)27-32(30-60-50)28-52-22-18-49(19-23-52)31-59-46-41-29-54(43-16-17-44(56)51-47(43)57)48(58)40(41)14-15-42(46)49/h1-7,9-11,13-15,26,32,38,43,45,55H,8,12,16-25,27-31H2,(H,51,56,57)/t32?,38-,43+,45+/m1/s1. The minimum atomic E-state index is -0.626. The zero-order chi connectivity index (χ0) is 40.6. The number of hydrogen-bond donors (Lipinski definition) is 2. The van der Waals surface area contributed by atoms with Crippen molar-refractivity contribution in [2.45, 2.75) is 93.2 Å². The average molecular weight is 807 g/mol. The molecule has 0 bridgehead atoms. The number of fused-ring (bicyclic) bond motifs is 5. The molecule has 11 rings (SSSR count). The SMILES string of the molecule is O=C1CC[C@H](N2Cc3c(ccc4c3OCC43CCN(CC4COC5(CCN(c6ccc([C@@H]7c8ccc(O)cc8CC[C@@H]7c7ccccc7)cc6)CC5)C4)CC3)C2=O)C(=O)N1. The maximum atomic E-state index is 13.4. The van der Waals surface area contributed by atoms with E-state index in [1.807, 2.05) is 18.2 Å². The number of ether oxygens (including phenoxy) is 2. The minimum absolute atomic E-state index is 0.0316. The van der Waals surface area contributed by atoms with E-state index < -0.39 is 6.04 Å². The van der Waals surface area contributed by atoms with Crippen molar-refractivity contribution in [1.82, 2.24) is 15.1 Å². The summed E-state index contributed by atoms with van der Waals surface area (Å²) in [4.78, 5) is 44.6. The van der Waals surface area contributed by atoms with Gasteiger partial charge in [0.2, 0.25) is 11.8 Å². The van der Waals surface area contributed by atoms with Crippen LogP contribution >= 0.6 is 0 Å². The van der Waals surface area contributed by atoms with Gasteiger partial charge in [-0.05, 0) is 129 Å². The molecule has 0 saturated carbocycles. The number of piperidine rings is 3. The molecule has 10 nitrogen and oxygen atoms in total. The van der Waals surface area contributed by atoms with Crippen LogP contribution in [0.25, 0.3) is 0 Å². The van der Waals surface area contributed by atoms with Crippen LogP contribution in [0.3, 0.4) is 0 Å². The second-order valence-electron chi connectivity index (χ2n) is 18.8. The van der Waals surface area contributed by atoms with E-state index in [1.165, 1.54) is 33.5 Å². The van der Waals surface area contributed by atoms with E-state index in [9.17, 15) is 19.5 Å². The first kappa shape index (κ1) is 37.8. The summed E-state index contributed by atoms with van der Waals surface area (Å²) in [5, 5.41) is 12.7. The number of phenolic OH excluding ortho intramolecular Hbond substituents is 1. The number of nitrogens with zero attached hydrogens (tertiary/aromatic N) is 3. The molecule has 2 N–H and O–H groups in total. The molecule has 4 aromatic rings. The number of carbonyl (C=O) groups is 3.